The molecule has 7 N–H and O–H groups in total. The number of esters is 4. The minimum absolute atomic E-state index is 0.00307. The van der Waals surface area contributed by atoms with Crippen molar-refractivity contribution in [3.05, 3.63) is 108 Å². The fourth-order valence-electron chi connectivity index (χ4n) is 5.90. The van der Waals surface area contributed by atoms with Crippen molar-refractivity contribution in [3.63, 3.8) is 0 Å². The van der Waals surface area contributed by atoms with Gasteiger partial charge in [-0.15, -0.1) is 0 Å². The zero-order valence-electron chi connectivity index (χ0n) is 31.3. The number of rotatable bonds is 15. The molecule has 3 aromatic rings. The van der Waals surface area contributed by atoms with Crippen molar-refractivity contribution in [1.82, 2.24) is 0 Å². The van der Waals surface area contributed by atoms with Gasteiger partial charge in [-0.25, -0.2) is 14.4 Å². The summed E-state index contributed by atoms with van der Waals surface area (Å²) in [5.41, 5.74) is 1.46. The Hall–Kier alpha value is -6.12. The predicted octanol–water partition coefficient (Wildman–Crippen LogP) is 1.08. The minimum atomic E-state index is -2.63. The van der Waals surface area contributed by atoms with Crippen molar-refractivity contribution in [1.29, 1.82) is 0 Å². The maximum absolute atomic E-state index is 13.4. The molecular weight excluding hydrogens is 780 g/mol. The molecule has 0 bridgehead atoms. The maximum Gasteiger partial charge on any atom is 0.331 e. The molecule has 18 nitrogen and oxygen atoms in total. The lowest BCUT2D eigenvalue weighted by atomic mass is 9.98. The molecule has 0 saturated carbocycles. The van der Waals surface area contributed by atoms with E-state index in [1.165, 1.54) is 91.0 Å². The molecule has 2 fully saturated rings. The normalized spacial score (nSPS) is 26.9. The van der Waals surface area contributed by atoms with Crippen LogP contribution in [0.1, 0.15) is 23.6 Å². The van der Waals surface area contributed by atoms with Crippen molar-refractivity contribution in [2.24, 2.45) is 0 Å². The predicted molar refractivity (Wildman–Crippen MR) is 201 cm³/mol. The van der Waals surface area contributed by atoms with Gasteiger partial charge in [0.05, 0.1) is 6.61 Å². The quantitative estimate of drug-likeness (QED) is 0.0642. The molecule has 314 valence electrons. The van der Waals surface area contributed by atoms with Gasteiger partial charge >= 0.3 is 23.9 Å². The first-order valence-corrected chi connectivity index (χ1v) is 17.9. The number of ether oxygens (including phenoxy) is 7. The highest BCUT2D eigenvalue weighted by Crippen LogP contribution is 2.39. The van der Waals surface area contributed by atoms with Gasteiger partial charge in [-0.3, -0.25) is 4.79 Å². The summed E-state index contributed by atoms with van der Waals surface area (Å²) in [5, 5.41) is 71.9. The topological polar surface area (TPSA) is 274 Å². The zero-order chi connectivity index (χ0) is 42.7. The summed E-state index contributed by atoms with van der Waals surface area (Å²) < 4.78 is 39.6. The van der Waals surface area contributed by atoms with Crippen LogP contribution < -0.4 is 0 Å². The third-order valence-electron chi connectivity index (χ3n) is 8.88. The molecule has 3 aromatic carbocycles. The molecular formula is C41H42O18. The molecule has 2 aliphatic rings. The second-order valence-corrected chi connectivity index (χ2v) is 13.2. The summed E-state index contributed by atoms with van der Waals surface area (Å²) in [7, 11) is 0. The van der Waals surface area contributed by atoms with Crippen LogP contribution in [0, 0.1) is 0 Å². The van der Waals surface area contributed by atoms with E-state index in [-0.39, 0.29) is 17.2 Å². The smallest absolute Gasteiger partial charge is 0.331 e. The summed E-state index contributed by atoms with van der Waals surface area (Å²) in [6.07, 6.45) is -7.62. The Labute approximate surface area is 336 Å². The standard InChI is InChI=1S/C41H42O18/c1-23(43)55-38-37(52)35(50)30(20-42)56-40(38)59-41(22-54-33(48)18-9-25-4-13-28(45)14-5-25)39(57-34(49)19-10-26-6-15-29(46)16-7-26)36(51)31(58-41)21-53-32(47)17-8-24-2-11-27(44)12-3-24/h2-19,30-31,35-40,42,44-46,50-52H,20-22H2,1H3/t30-,31-,35-,36-,37+,38-,39+,40-,41+/m1/s1. The monoisotopic (exact) mass is 822 g/mol. The molecule has 5 rings (SSSR count). The lowest BCUT2D eigenvalue weighted by Gasteiger charge is -2.44. The van der Waals surface area contributed by atoms with Crippen LogP contribution in [-0.4, -0.2) is 134 Å². The van der Waals surface area contributed by atoms with Crippen LogP contribution in [0.3, 0.4) is 0 Å². The number of benzene rings is 3. The van der Waals surface area contributed by atoms with Crippen LogP contribution >= 0.6 is 0 Å². The van der Waals surface area contributed by atoms with Crippen molar-refractivity contribution >= 4 is 42.1 Å². The van der Waals surface area contributed by atoms with Crippen LogP contribution in [0.5, 0.6) is 17.2 Å². The number of aromatic hydroxyl groups is 3. The van der Waals surface area contributed by atoms with Crippen LogP contribution in [0.25, 0.3) is 18.2 Å². The Morgan fingerprint density at radius 3 is 1.59 bits per heavy atom. The number of phenolic OH excluding ortho intramolecular Hbond substituents is 3. The van der Waals surface area contributed by atoms with Gasteiger partial charge in [0.15, 0.2) is 12.2 Å². The Balaban J connectivity index is 1.48. The van der Waals surface area contributed by atoms with E-state index in [0.29, 0.717) is 16.7 Å². The van der Waals surface area contributed by atoms with Gasteiger partial charge in [0.2, 0.25) is 12.1 Å². The summed E-state index contributed by atoms with van der Waals surface area (Å²) in [5.74, 6) is -6.72. The van der Waals surface area contributed by atoms with Gasteiger partial charge < -0.3 is 68.9 Å². The number of carbonyl (C=O) groups is 4. The van der Waals surface area contributed by atoms with Crippen molar-refractivity contribution in [2.45, 2.75) is 61.7 Å². The Morgan fingerprint density at radius 2 is 1.12 bits per heavy atom. The summed E-state index contributed by atoms with van der Waals surface area (Å²) in [4.78, 5) is 51.4. The first-order chi connectivity index (χ1) is 28.2. The van der Waals surface area contributed by atoms with Crippen LogP contribution in [0.2, 0.25) is 0 Å². The summed E-state index contributed by atoms with van der Waals surface area (Å²) in [6.45, 7) is -1.65. The third-order valence-corrected chi connectivity index (χ3v) is 8.88. The number of aliphatic hydroxyl groups excluding tert-OH is 4. The van der Waals surface area contributed by atoms with E-state index in [9.17, 15) is 54.9 Å². The molecule has 0 aliphatic carbocycles. The van der Waals surface area contributed by atoms with Gasteiger partial charge in [0.25, 0.3) is 0 Å². The molecule has 2 aliphatic heterocycles. The molecule has 18 heteroatoms. The van der Waals surface area contributed by atoms with E-state index < -0.39 is 98.5 Å². The summed E-state index contributed by atoms with van der Waals surface area (Å²) >= 11 is 0. The lowest BCUT2D eigenvalue weighted by molar-refractivity contribution is -0.383. The number of carbonyl (C=O) groups excluding carboxylic acids is 4. The molecule has 9 atom stereocenters. The highest BCUT2D eigenvalue weighted by atomic mass is 16.8. The average molecular weight is 823 g/mol. The fraction of sp³-hybridized carbons (Fsp3) is 0.317. The third kappa shape index (κ3) is 12.0. The first-order valence-electron chi connectivity index (χ1n) is 17.9. The van der Waals surface area contributed by atoms with Crippen LogP contribution in [0.15, 0.2) is 91.0 Å². The molecule has 59 heavy (non-hydrogen) atoms. The van der Waals surface area contributed by atoms with E-state index in [0.717, 1.165) is 25.2 Å². The van der Waals surface area contributed by atoms with Crippen molar-refractivity contribution < 1.29 is 88.1 Å². The Bertz CT molecular complexity index is 1990. The van der Waals surface area contributed by atoms with E-state index in [1.54, 1.807) is 0 Å². The second kappa shape index (κ2) is 20.0. The molecule has 0 amide bonds. The number of hydrogen-bond acceptors (Lipinski definition) is 18. The molecule has 2 heterocycles. The molecule has 2 saturated heterocycles. The minimum Gasteiger partial charge on any atom is -0.508 e. The Kier molecular flexibility index (Phi) is 14.9. The molecule has 0 unspecified atom stereocenters. The SMILES string of the molecule is CC(=O)O[C@H]1[C@@H](O[C@]2(COC(=O)C=Cc3ccc(O)cc3)O[C@H](COC(=O)C=Cc3ccc(O)cc3)[C@@H](O)[C@@H]2OC(=O)C=Cc2ccc(O)cc2)O[C@H](CO)[C@@H](O)[C@@H]1O. The van der Waals surface area contributed by atoms with E-state index in [2.05, 4.69) is 0 Å². The zero-order valence-corrected chi connectivity index (χ0v) is 31.3. The largest absolute Gasteiger partial charge is 0.508 e. The Morgan fingerprint density at radius 1 is 0.644 bits per heavy atom. The lowest BCUT2D eigenvalue weighted by Crippen LogP contribution is -2.64. The fourth-order valence-corrected chi connectivity index (χ4v) is 5.90. The maximum atomic E-state index is 13.4. The first kappa shape index (κ1) is 44.0. The summed E-state index contributed by atoms with van der Waals surface area (Å²) in [6, 6.07) is 17.3. The number of aliphatic hydroxyl groups is 4. The van der Waals surface area contributed by atoms with Crippen LogP contribution in [-0.2, 0) is 52.3 Å². The van der Waals surface area contributed by atoms with Crippen molar-refractivity contribution in [2.75, 3.05) is 19.8 Å². The van der Waals surface area contributed by atoms with E-state index >= 15 is 0 Å². The van der Waals surface area contributed by atoms with Gasteiger partial charge in [0.1, 0.15) is 61.0 Å². The number of phenols is 3. The second-order valence-electron chi connectivity index (χ2n) is 13.2. The highest BCUT2D eigenvalue weighted by molar-refractivity contribution is 5.88. The number of hydrogen-bond donors (Lipinski definition) is 7. The van der Waals surface area contributed by atoms with Gasteiger partial charge in [0, 0.05) is 25.2 Å². The van der Waals surface area contributed by atoms with Gasteiger partial charge in [-0.05, 0) is 71.3 Å². The van der Waals surface area contributed by atoms with Gasteiger partial charge in [-0.2, -0.15) is 0 Å². The molecule has 0 radical (unpaired) electrons. The van der Waals surface area contributed by atoms with Gasteiger partial charge in [-0.1, -0.05) is 36.4 Å². The molecule has 0 spiro atoms. The van der Waals surface area contributed by atoms with Crippen molar-refractivity contribution in [3.8, 4) is 17.2 Å². The molecule has 0 aromatic heterocycles. The van der Waals surface area contributed by atoms with E-state index in [4.69, 9.17) is 33.2 Å². The van der Waals surface area contributed by atoms with Crippen LogP contribution in [0.4, 0.5) is 0 Å². The average Bonchev–Trinajstić information content (AvgIpc) is 3.47. The van der Waals surface area contributed by atoms with E-state index in [1.807, 2.05) is 0 Å². The highest BCUT2D eigenvalue weighted by Gasteiger charge is 2.62.